The number of H-pyrrole nitrogens is 1. The first-order valence-electron chi connectivity index (χ1n) is 10.5. The zero-order chi connectivity index (χ0) is 22.9. The summed E-state index contributed by atoms with van der Waals surface area (Å²) in [6.07, 6.45) is 1.52. The van der Waals surface area contributed by atoms with E-state index in [1.165, 1.54) is 4.31 Å². The van der Waals surface area contributed by atoms with Crippen LogP contribution in [0.2, 0.25) is 0 Å². The molecule has 1 saturated heterocycles. The standard InChI is InChI=1S/C21H26N4O5S2/c1-4-29-21(26)19-13(2)16(14(3)22-19)12-25(11-15-7-6-10-30-15)32(27,28)18-9-5-8-17-20(18)24-31-23-17/h5,8-9,15,22H,4,6-7,10-12H2,1-3H3/t15-/m0/s1. The molecule has 3 heterocycles. The Kier molecular flexibility index (Phi) is 6.61. The molecule has 1 aliphatic rings. The lowest BCUT2D eigenvalue weighted by Crippen LogP contribution is -2.37. The zero-order valence-electron chi connectivity index (χ0n) is 18.3. The Balaban J connectivity index is 1.74. The Morgan fingerprint density at radius 3 is 2.88 bits per heavy atom. The number of hydrogen-bond donors (Lipinski definition) is 1. The molecule has 1 N–H and O–H groups in total. The average molecular weight is 479 g/mol. The second-order valence-electron chi connectivity index (χ2n) is 7.77. The third-order valence-corrected chi connectivity index (χ3v) is 8.09. The molecule has 1 fully saturated rings. The third kappa shape index (κ3) is 4.29. The fourth-order valence-electron chi connectivity index (χ4n) is 4.00. The van der Waals surface area contributed by atoms with Crippen molar-refractivity contribution in [3.8, 4) is 0 Å². The summed E-state index contributed by atoms with van der Waals surface area (Å²) < 4.78 is 48.3. The molecule has 0 aliphatic carbocycles. The second-order valence-corrected chi connectivity index (χ2v) is 10.2. The van der Waals surface area contributed by atoms with Crippen LogP contribution in [0.1, 0.15) is 47.1 Å². The number of nitrogens with one attached hydrogen (secondary N) is 1. The van der Waals surface area contributed by atoms with Crippen molar-refractivity contribution in [2.24, 2.45) is 0 Å². The number of ether oxygens (including phenoxy) is 2. The molecule has 0 spiro atoms. The van der Waals surface area contributed by atoms with E-state index in [0.29, 0.717) is 28.9 Å². The van der Waals surface area contributed by atoms with Crippen LogP contribution in [-0.2, 0) is 26.0 Å². The molecule has 3 aromatic rings. The van der Waals surface area contributed by atoms with Crippen LogP contribution in [0.4, 0.5) is 0 Å². The number of esters is 1. The van der Waals surface area contributed by atoms with Gasteiger partial charge in [0.25, 0.3) is 0 Å². The largest absolute Gasteiger partial charge is 0.461 e. The van der Waals surface area contributed by atoms with E-state index in [-0.39, 0.29) is 30.7 Å². The molecule has 11 heteroatoms. The summed E-state index contributed by atoms with van der Waals surface area (Å²) in [7, 11) is -3.91. The van der Waals surface area contributed by atoms with Gasteiger partial charge in [0.1, 0.15) is 21.6 Å². The SMILES string of the molecule is CCOC(=O)c1[nH]c(C)c(CN(C[C@@H]2CCCO2)S(=O)(=O)c2cccc3nsnc23)c1C. The van der Waals surface area contributed by atoms with Crippen LogP contribution in [0, 0.1) is 13.8 Å². The Morgan fingerprint density at radius 1 is 1.34 bits per heavy atom. The number of sulfonamides is 1. The highest BCUT2D eigenvalue weighted by atomic mass is 32.2. The van der Waals surface area contributed by atoms with Crippen LogP contribution in [0.3, 0.4) is 0 Å². The first-order valence-corrected chi connectivity index (χ1v) is 12.7. The average Bonchev–Trinajstić information content (AvgIpc) is 3.50. The number of rotatable bonds is 8. The van der Waals surface area contributed by atoms with Crippen molar-refractivity contribution in [3.05, 3.63) is 40.7 Å². The first kappa shape index (κ1) is 22.8. The second kappa shape index (κ2) is 9.26. The molecule has 2 aromatic heterocycles. The number of fused-ring (bicyclic) bond motifs is 1. The van der Waals surface area contributed by atoms with Gasteiger partial charge >= 0.3 is 5.97 Å². The number of carbonyl (C=O) groups is 1. The lowest BCUT2D eigenvalue weighted by atomic mass is 10.1. The van der Waals surface area contributed by atoms with Gasteiger partial charge in [0.05, 0.1) is 24.4 Å². The third-order valence-electron chi connectivity index (χ3n) is 5.70. The molecule has 1 aliphatic heterocycles. The number of carbonyl (C=O) groups excluding carboxylic acids is 1. The molecule has 172 valence electrons. The maximum Gasteiger partial charge on any atom is 0.355 e. The van der Waals surface area contributed by atoms with Crippen LogP contribution in [0.5, 0.6) is 0 Å². The highest BCUT2D eigenvalue weighted by Crippen LogP contribution is 2.29. The number of benzene rings is 1. The summed E-state index contributed by atoms with van der Waals surface area (Å²) in [5.41, 5.74) is 3.42. The molecule has 1 atom stereocenters. The van der Waals surface area contributed by atoms with Gasteiger partial charge < -0.3 is 14.5 Å². The Hall–Kier alpha value is -2.34. The molecule has 0 unspecified atom stereocenters. The predicted molar refractivity (Wildman–Crippen MR) is 120 cm³/mol. The Morgan fingerprint density at radius 2 is 2.16 bits per heavy atom. The van der Waals surface area contributed by atoms with Gasteiger partial charge in [0.2, 0.25) is 10.0 Å². The Bertz CT molecular complexity index is 1230. The van der Waals surface area contributed by atoms with Crippen molar-refractivity contribution in [2.75, 3.05) is 19.8 Å². The minimum atomic E-state index is -3.91. The van der Waals surface area contributed by atoms with E-state index >= 15 is 0 Å². The van der Waals surface area contributed by atoms with E-state index in [4.69, 9.17) is 9.47 Å². The number of aryl methyl sites for hydroxylation is 1. The molecular formula is C21H26N4O5S2. The molecule has 0 radical (unpaired) electrons. The van der Waals surface area contributed by atoms with Gasteiger partial charge in [-0.05, 0) is 56.9 Å². The number of aromatic amines is 1. The lowest BCUT2D eigenvalue weighted by Gasteiger charge is -2.25. The van der Waals surface area contributed by atoms with Crippen LogP contribution < -0.4 is 0 Å². The van der Waals surface area contributed by atoms with E-state index in [0.717, 1.165) is 35.8 Å². The van der Waals surface area contributed by atoms with Gasteiger partial charge in [-0.15, -0.1) is 0 Å². The maximum atomic E-state index is 13.8. The van der Waals surface area contributed by atoms with E-state index in [1.807, 2.05) is 6.92 Å². The summed E-state index contributed by atoms with van der Waals surface area (Å²) in [4.78, 5) is 15.5. The van der Waals surface area contributed by atoms with Gasteiger partial charge in [-0.2, -0.15) is 13.1 Å². The lowest BCUT2D eigenvalue weighted by molar-refractivity contribution is 0.0519. The molecule has 4 rings (SSSR count). The molecule has 0 amide bonds. The van der Waals surface area contributed by atoms with Gasteiger partial charge in [0.15, 0.2) is 0 Å². The molecule has 0 bridgehead atoms. The van der Waals surface area contributed by atoms with E-state index in [2.05, 4.69) is 13.7 Å². The van der Waals surface area contributed by atoms with E-state index < -0.39 is 16.0 Å². The molecule has 0 saturated carbocycles. The van der Waals surface area contributed by atoms with Gasteiger partial charge in [-0.1, -0.05) is 6.07 Å². The fourth-order valence-corrected chi connectivity index (χ4v) is 6.19. The number of aromatic nitrogens is 3. The summed E-state index contributed by atoms with van der Waals surface area (Å²) in [6, 6.07) is 4.98. The zero-order valence-corrected chi connectivity index (χ0v) is 19.9. The number of nitrogens with zero attached hydrogens (tertiary/aromatic N) is 3. The smallest absolute Gasteiger partial charge is 0.355 e. The molecular weight excluding hydrogens is 452 g/mol. The Labute approximate surface area is 191 Å². The molecule has 32 heavy (non-hydrogen) atoms. The summed E-state index contributed by atoms with van der Waals surface area (Å²) in [5, 5.41) is 0. The number of hydrogen-bond acceptors (Lipinski definition) is 8. The van der Waals surface area contributed by atoms with Crippen molar-refractivity contribution in [1.29, 1.82) is 0 Å². The van der Waals surface area contributed by atoms with Crippen molar-refractivity contribution in [1.82, 2.24) is 18.0 Å². The first-order chi connectivity index (χ1) is 15.3. The monoisotopic (exact) mass is 478 g/mol. The minimum absolute atomic E-state index is 0.101. The van der Waals surface area contributed by atoms with E-state index in [1.54, 1.807) is 32.0 Å². The minimum Gasteiger partial charge on any atom is -0.461 e. The van der Waals surface area contributed by atoms with Crippen LogP contribution in [0.25, 0.3) is 11.0 Å². The normalized spacial score (nSPS) is 16.8. The van der Waals surface area contributed by atoms with Crippen LogP contribution in [-0.4, -0.2) is 58.3 Å². The highest BCUT2D eigenvalue weighted by molar-refractivity contribution is 7.89. The van der Waals surface area contributed by atoms with Gasteiger partial charge in [0, 0.05) is 25.4 Å². The summed E-state index contributed by atoms with van der Waals surface area (Å²) >= 11 is 0.984. The topological polar surface area (TPSA) is 114 Å². The predicted octanol–water partition coefficient (Wildman–Crippen LogP) is 3.18. The van der Waals surface area contributed by atoms with Gasteiger partial charge in [-0.25, -0.2) is 13.2 Å². The van der Waals surface area contributed by atoms with Crippen molar-refractivity contribution in [2.45, 2.75) is 51.2 Å². The molecule has 1 aromatic carbocycles. The van der Waals surface area contributed by atoms with Crippen molar-refractivity contribution in [3.63, 3.8) is 0 Å². The van der Waals surface area contributed by atoms with Crippen LogP contribution in [0.15, 0.2) is 23.1 Å². The molecule has 9 nitrogen and oxygen atoms in total. The van der Waals surface area contributed by atoms with E-state index in [9.17, 15) is 13.2 Å². The van der Waals surface area contributed by atoms with Crippen molar-refractivity contribution < 1.29 is 22.7 Å². The van der Waals surface area contributed by atoms with Crippen LogP contribution >= 0.6 is 11.7 Å². The van der Waals surface area contributed by atoms with Crippen molar-refractivity contribution >= 4 is 38.8 Å². The van der Waals surface area contributed by atoms with Gasteiger partial charge in [-0.3, -0.25) is 0 Å². The summed E-state index contributed by atoms with van der Waals surface area (Å²) in [6.45, 7) is 6.57. The summed E-state index contributed by atoms with van der Waals surface area (Å²) in [5.74, 6) is -0.453. The fraction of sp³-hybridized carbons (Fsp3) is 0.476. The highest BCUT2D eigenvalue weighted by Gasteiger charge is 2.33. The quantitative estimate of drug-likeness (QED) is 0.495. The maximum absolute atomic E-state index is 13.8.